The number of hydrogen-bond acceptors (Lipinski definition) is 3. The van der Waals surface area contributed by atoms with E-state index in [4.69, 9.17) is 9.47 Å². The first-order valence-corrected chi connectivity index (χ1v) is 8.24. The third-order valence-electron chi connectivity index (χ3n) is 4.24. The molecule has 0 aromatic heterocycles. The highest BCUT2D eigenvalue weighted by atomic mass is 79.9. The quantitative estimate of drug-likeness (QED) is 0.863. The fourth-order valence-electron chi connectivity index (χ4n) is 3.15. The standard InChI is InChI=1S/C18H20BrNO2/c1-21-17-8-3-5-12(18(17)22-2)11-20-16-10-9-13-14(16)6-4-7-15(13)19/h3-8,16,20H,9-11H2,1-2H3. The van der Waals surface area contributed by atoms with Crippen LogP contribution in [0.15, 0.2) is 40.9 Å². The van der Waals surface area contributed by atoms with Gasteiger partial charge >= 0.3 is 0 Å². The van der Waals surface area contributed by atoms with Crippen LogP contribution in [0.2, 0.25) is 0 Å². The highest BCUT2D eigenvalue weighted by Gasteiger charge is 2.23. The van der Waals surface area contributed by atoms with Gasteiger partial charge in [0.25, 0.3) is 0 Å². The predicted octanol–water partition coefficient (Wildman–Crippen LogP) is 4.24. The fourth-order valence-corrected chi connectivity index (χ4v) is 3.73. The number of fused-ring (bicyclic) bond motifs is 1. The van der Waals surface area contributed by atoms with Gasteiger partial charge in [-0.15, -0.1) is 0 Å². The van der Waals surface area contributed by atoms with E-state index in [9.17, 15) is 0 Å². The molecule has 1 unspecified atom stereocenters. The number of ether oxygens (including phenoxy) is 2. The highest BCUT2D eigenvalue weighted by molar-refractivity contribution is 9.10. The number of para-hydroxylation sites is 1. The molecule has 0 fully saturated rings. The minimum absolute atomic E-state index is 0.392. The Hall–Kier alpha value is -1.52. The van der Waals surface area contributed by atoms with Crippen LogP contribution in [0.4, 0.5) is 0 Å². The maximum atomic E-state index is 5.50. The minimum atomic E-state index is 0.392. The number of hydrogen-bond donors (Lipinski definition) is 1. The van der Waals surface area contributed by atoms with Gasteiger partial charge in [-0.25, -0.2) is 0 Å². The Kier molecular flexibility index (Phi) is 4.69. The summed E-state index contributed by atoms with van der Waals surface area (Å²) >= 11 is 3.65. The van der Waals surface area contributed by atoms with Crippen molar-refractivity contribution in [3.63, 3.8) is 0 Å². The Morgan fingerprint density at radius 1 is 1.14 bits per heavy atom. The second kappa shape index (κ2) is 6.71. The van der Waals surface area contributed by atoms with Crippen molar-refractivity contribution in [1.29, 1.82) is 0 Å². The normalized spacial score (nSPS) is 16.4. The van der Waals surface area contributed by atoms with Crippen molar-refractivity contribution in [3.05, 3.63) is 57.6 Å². The molecule has 1 atom stereocenters. The average Bonchev–Trinajstić information content (AvgIpc) is 2.97. The van der Waals surface area contributed by atoms with Crippen LogP contribution in [-0.4, -0.2) is 14.2 Å². The van der Waals surface area contributed by atoms with Gasteiger partial charge in [0.2, 0.25) is 0 Å². The van der Waals surface area contributed by atoms with Gasteiger partial charge < -0.3 is 14.8 Å². The molecule has 0 spiro atoms. The van der Waals surface area contributed by atoms with Gasteiger partial charge in [-0.1, -0.05) is 40.2 Å². The van der Waals surface area contributed by atoms with Gasteiger partial charge in [-0.2, -0.15) is 0 Å². The van der Waals surface area contributed by atoms with E-state index in [-0.39, 0.29) is 0 Å². The molecule has 1 aliphatic rings. The van der Waals surface area contributed by atoms with Gasteiger partial charge in [-0.3, -0.25) is 0 Å². The van der Waals surface area contributed by atoms with E-state index in [1.54, 1.807) is 14.2 Å². The molecule has 0 heterocycles. The smallest absolute Gasteiger partial charge is 0.165 e. The Balaban J connectivity index is 1.77. The first-order chi connectivity index (χ1) is 10.7. The Bertz CT molecular complexity index is 672. The minimum Gasteiger partial charge on any atom is -0.493 e. The highest BCUT2D eigenvalue weighted by Crippen LogP contribution is 2.36. The first-order valence-electron chi connectivity index (χ1n) is 7.45. The van der Waals surface area contributed by atoms with Crippen LogP contribution in [0.3, 0.4) is 0 Å². The Morgan fingerprint density at radius 3 is 2.73 bits per heavy atom. The van der Waals surface area contributed by atoms with Crippen molar-refractivity contribution < 1.29 is 9.47 Å². The molecule has 2 aromatic carbocycles. The van der Waals surface area contributed by atoms with Gasteiger partial charge in [0, 0.05) is 22.6 Å². The molecule has 0 saturated carbocycles. The summed E-state index contributed by atoms with van der Waals surface area (Å²) < 4.78 is 12.1. The lowest BCUT2D eigenvalue weighted by Gasteiger charge is -2.17. The van der Waals surface area contributed by atoms with Crippen molar-refractivity contribution in [3.8, 4) is 11.5 Å². The summed E-state index contributed by atoms with van der Waals surface area (Å²) in [6, 6.07) is 12.8. The van der Waals surface area contributed by atoms with Crippen LogP contribution in [0.25, 0.3) is 0 Å². The molecule has 4 heteroatoms. The van der Waals surface area contributed by atoms with E-state index < -0.39 is 0 Å². The molecule has 0 radical (unpaired) electrons. The molecule has 22 heavy (non-hydrogen) atoms. The van der Waals surface area contributed by atoms with Crippen molar-refractivity contribution in [2.24, 2.45) is 0 Å². The maximum Gasteiger partial charge on any atom is 0.165 e. The van der Waals surface area contributed by atoms with Crippen LogP contribution >= 0.6 is 15.9 Å². The van der Waals surface area contributed by atoms with E-state index in [0.29, 0.717) is 6.04 Å². The van der Waals surface area contributed by atoms with Gasteiger partial charge in [0.1, 0.15) is 0 Å². The van der Waals surface area contributed by atoms with Crippen molar-refractivity contribution in [2.45, 2.75) is 25.4 Å². The lowest BCUT2D eigenvalue weighted by molar-refractivity contribution is 0.349. The SMILES string of the molecule is COc1cccc(CNC2CCc3c(Br)cccc32)c1OC. The molecule has 0 aliphatic heterocycles. The summed E-state index contributed by atoms with van der Waals surface area (Å²) in [5.41, 5.74) is 3.94. The summed E-state index contributed by atoms with van der Waals surface area (Å²) in [5.74, 6) is 1.58. The lowest BCUT2D eigenvalue weighted by Crippen LogP contribution is -2.19. The second-order valence-corrected chi connectivity index (χ2v) is 6.29. The summed E-state index contributed by atoms with van der Waals surface area (Å²) in [4.78, 5) is 0. The van der Waals surface area contributed by atoms with Crippen LogP contribution in [0.1, 0.15) is 29.2 Å². The summed E-state index contributed by atoms with van der Waals surface area (Å²) in [7, 11) is 3.35. The number of benzene rings is 2. The average molecular weight is 362 g/mol. The number of halogens is 1. The number of methoxy groups -OCH3 is 2. The fraction of sp³-hybridized carbons (Fsp3) is 0.333. The van der Waals surface area contributed by atoms with E-state index in [1.165, 1.54) is 15.6 Å². The summed E-state index contributed by atoms with van der Waals surface area (Å²) in [5, 5.41) is 3.65. The first kappa shape index (κ1) is 15.4. The molecule has 116 valence electrons. The number of nitrogens with one attached hydrogen (secondary N) is 1. The Morgan fingerprint density at radius 2 is 1.95 bits per heavy atom. The maximum absolute atomic E-state index is 5.50. The molecular weight excluding hydrogens is 342 g/mol. The third kappa shape index (κ3) is 2.85. The predicted molar refractivity (Wildman–Crippen MR) is 91.6 cm³/mol. The molecule has 1 N–H and O–H groups in total. The molecule has 2 aromatic rings. The summed E-state index contributed by atoms with van der Waals surface area (Å²) in [6.45, 7) is 0.761. The largest absolute Gasteiger partial charge is 0.493 e. The van der Waals surface area contributed by atoms with E-state index in [0.717, 1.165) is 36.4 Å². The molecule has 1 aliphatic carbocycles. The van der Waals surface area contributed by atoms with Crippen molar-refractivity contribution >= 4 is 15.9 Å². The van der Waals surface area contributed by atoms with E-state index in [2.05, 4.69) is 45.5 Å². The molecule has 0 saturated heterocycles. The van der Waals surface area contributed by atoms with Gasteiger partial charge in [0.15, 0.2) is 11.5 Å². The summed E-state index contributed by atoms with van der Waals surface area (Å²) in [6.07, 6.45) is 2.24. The van der Waals surface area contributed by atoms with Crippen molar-refractivity contribution in [2.75, 3.05) is 14.2 Å². The molecule has 0 bridgehead atoms. The molecular formula is C18H20BrNO2. The topological polar surface area (TPSA) is 30.5 Å². The van der Waals surface area contributed by atoms with E-state index in [1.807, 2.05) is 12.1 Å². The third-order valence-corrected chi connectivity index (χ3v) is 4.98. The Labute approximate surface area is 139 Å². The van der Waals surface area contributed by atoms with Crippen LogP contribution in [0.5, 0.6) is 11.5 Å². The second-order valence-electron chi connectivity index (χ2n) is 5.43. The molecule has 0 amide bonds. The van der Waals surface area contributed by atoms with Gasteiger partial charge in [-0.05, 0) is 36.1 Å². The zero-order valence-corrected chi connectivity index (χ0v) is 14.4. The molecule has 3 nitrogen and oxygen atoms in total. The van der Waals surface area contributed by atoms with Crippen LogP contribution < -0.4 is 14.8 Å². The van der Waals surface area contributed by atoms with Crippen LogP contribution in [0, 0.1) is 0 Å². The van der Waals surface area contributed by atoms with Crippen molar-refractivity contribution in [1.82, 2.24) is 5.32 Å². The number of rotatable bonds is 5. The monoisotopic (exact) mass is 361 g/mol. The van der Waals surface area contributed by atoms with Crippen LogP contribution in [-0.2, 0) is 13.0 Å². The zero-order chi connectivity index (χ0) is 15.5. The van der Waals surface area contributed by atoms with E-state index >= 15 is 0 Å². The lowest BCUT2D eigenvalue weighted by atomic mass is 10.1. The molecule has 3 rings (SSSR count). The zero-order valence-electron chi connectivity index (χ0n) is 12.9. The van der Waals surface area contributed by atoms with Gasteiger partial charge in [0.05, 0.1) is 14.2 Å².